The van der Waals surface area contributed by atoms with Gasteiger partial charge in [-0.1, -0.05) is 35.3 Å². The van der Waals surface area contributed by atoms with Crippen molar-refractivity contribution in [2.45, 2.75) is 51.3 Å². The molecule has 3 nitrogen and oxygen atoms in total. The molecule has 0 saturated heterocycles. The van der Waals surface area contributed by atoms with E-state index in [1.165, 1.54) is 37.7 Å². The van der Waals surface area contributed by atoms with E-state index in [1.807, 2.05) is 24.3 Å². The first-order valence-corrected chi connectivity index (χ1v) is 11.8. The molecule has 2 aromatic carbocycles. The largest absolute Gasteiger partial charge is 0.493 e. The van der Waals surface area contributed by atoms with Crippen LogP contribution in [-0.2, 0) is 13.2 Å². The number of halogens is 2. The molecule has 160 valence electrons. The van der Waals surface area contributed by atoms with E-state index >= 15 is 0 Å². The lowest BCUT2D eigenvalue weighted by atomic mass is 9.54. The zero-order chi connectivity index (χ0) is 20.7. The van der Waals surface area contributed by atoms with Crippen LogP contribution in [0.1, 0.15) is 43.2 Å². The van der Waals surface area contributed by atoms with Crippen molar-refractivity contribution in [2.24, 2.45) is 23.7 Å². The molecule has 4 aliphatic rings. The van der Waals surface area contributed by atoms with Crippen LogP contribution in [0.5, 0.6) is 11.5 Å². The van der Waals surface area contributed by atoms with E-state index in [-0.39, 0.29) is 0 Å². The summed E-state index contributed by atoms with van der Waals surface area (Å²) < 4.78 is 11.6. The van der Waals surface area contributed by atoms with E-state index in [4.69, 9.17) is 32.7 Å². The number of methoxy groups -OCH3 is 1. The summed E-state index contributed by atoms with van der Waals surface area (Å²) in [6.45, 7) is 1.18. The second-order valence-corrected chi connectivity index (χ2v) is 10.1. The lowest BCUT2D eigenvalue weighted by molar-refractivity contribution is -0.0142. The van der Waals surface area contributed by atoms with E-state index in [1.54, 1.807) is 7.11 Å². The Bertz CT molecular complexity index is 868. The molecule has 30 heavy (non-hydrogen) atoms. The van der Waals surface area contributed by atoms with Gasteiger partial charge in [0.05, 0.1) is 7.11 Å². The monoisotopic (exact) mass is 445 g/mol. The van der Waals surface area contributed by atoms with Crippen LogP contribution in [0.4, 0.5) is 0 Å². The first kappa shape index (κ1) is 20.5. The highest BCUT2D eigenvalue weighted by Gasteiger charge is 2.47. The van der Waals surface area contributed by atoms with Gasteiger partial charge in [0.2, 0.25) is 0 Å². The number of hydrogen-bond acceptors (Lipinski definition) is 3. The van der Waals surface area contributed by atoms with Gasteiger partial charge in [0, 0.05) is 28.2 Å². The van der Waals surface area contributed by atoms with Crippen molar-refractivity contribution in [1.29, 1.82) is 0 Å². The molecule has 0 aromatic heterocycles. The lowest BCUT2D eigenvalue weighted by Gasteiger charge is -2.54. The summed E-state index contributed by atoms with van der Waals surface area (Å²) >= 11 is 12.5. The van der Waals surface area contributed by atoms with Gasteiger partial charge >= 0.3 is 0 Å². The Hall–Kier alpha value is -1.42. The molecule has 0 heterocycles. The molecule has 6 rings (SSSR count). The fourth-order valence-electron chi connectivity index (χ4n) is 6.26. The third-order valence-electron chi connectivity index (χ3n) is 7.43. The van der Waals surface area contributed by atoms with Crippen molar-refractivity contribution in [1.82, 2.24) is 5.32 Å². The van der Waals surface area contributed by atoms with Crippen LogP contribution >= 0.6 is 23.2 Å². The van der Waals surface area contributed by atoms with Gasteiger partial charge in [0.1, 0.15) is 6.61 Å². The molecular weight excluding hydrogens is 417 g/mol. The first-order chi connectivity index (χ1) is 14.6. The molecule has 0 radical (unpaired) electrons. The van der Waals surface area contributed by atoms with E-state index < -0.39 is 0 Å². The van der Waals surface area contributed by atoms with Gasteiger partial charge in [-0.05, 0) is 85.6 Å². The number of benzene rings is 2. The van der Waals surface area contributed by atoms with Crippen LogP contribution < -0.4 is 14.8 Å². The Labute approximate surface area is 189 Å². The molecule has 0 atom stereocenters. The number of nitrogens with one attached hydrogen (secondary N) is 1. The molecule has 5 heteroatoms. The standard InChI is InChI=1S/C25H29Cl2NO2/c1-29-24-12-15(5-6-23(24)30-14-20-21(26)3-2-4-22(20)27)13-28-25-18-8-16-7-17(10-18)11-19(25)9-16/h2-6,12,16-19,25,28H,7-11,13-14H2,1H3. The average Bonchev–Trinajstić information content (AvgIpc) is 2.73. The number of ether oxygens (including phenoxy) is 2. The maximum atomic E-state index is 6.26. The van der Waals surface area contributed by atoms with Crippen LogP contribution in [0, 0.1) is 23.7 Å². The molecule has 4 fully saturated rings. The highest BCUT2D eigenvalue weighted by atomic mass is 35.5. The fraction of sp³-hybridized carbons (Fsp3) is 0.520. The fourth-order valence-corrected chi connectivity index (χ4v) is 6.76. The van der Waals surface area contributed by atoms with Crippen molar-refractivity contribution < 1.29 is 9.47 Å². The molecule has 1 N–H and O–H groups in total. The van der Waals surface area contributed by atoms with E-state index in [2.05, 4.69) is 17.4 Å². The third kappa shape index (κ3) is 4.04. The normalized spacial score (nSPS) is 29.2. The van der Waals surface area contributed by atoms with Gasteiger partial charge in [-0.3, -0.25) is 0 Å². The summed E-state index contributed by atoms with van der Waals surface area (Å²) in [5.41, 5.74) is 2.01. The topological polar surface area (TPSA) is 30.5 Å². The summed E-state index contributed by atoms with van der Waals surface area (Å²) in [6, 6.07) is 12.3. The van der Waals surface area contributed by atoms with E-state index in [9.17, 15) is 0 Å². The van der Waals surface area contributed by atoms with Crippen LogP contribution in [0.15, 0.2) is 36.4 Å². The molecule has 0 aliphatic heterocycles. The van der Waals surface area contributed by atoms with Gasteiger partial charge in [0.25, 0.3) is 0 Å². The van der Waals surface area contributed by atoms with Crippen molar-refractivity contribution in [3.63, 3.8) is 0 Å². The van der Waals surface area contributed by atoms with Crippen molar-refractivity contribution >= 4 is 23.2 Å². The van der Waals surface area contributed by atoms with Crippen molar-refractivity contribution in [2.75, 3.05) is 7.11 Å². The third-order valence-corrected chi connectivity index (χ3v) is 8.14. The lowest BCUT2D eigenvalue weighted by Crippen LogP contribution is -2.54. The quantitative estimate of drug-likeness (QED) is 0.527. The Morgan fingerprint density at radius 3 is 2.20 bits per heavy atom. The summed E-state index contributed by atoms with van der Waals surface area (Å²) in [5.74, 6) is 5.22. The number of rotatable bonds is 7. The Morgan fingerprint density at radius 1 is 0.900 bits per heavy atom. The molecule has 4 bridgehead atoms. The Kier molecular flexibility index (Phi) is 5.88. The predicted molar refractivity (Wildman–Crippen MR) is 121 cm³/mol. The minimum Gasteiger partial charge on any atom is -0.493 e. The molecule has 4 saturated carbocycles. The molecule has 4 aliphatic carbocycles. The smallest absolute Gasteiger partial charge is 0.161 e. The maximum absolute atomic E-state index is 6.26. The highest BCUT2D eigenvalue weighted by molar-refractivity contribution is 6.35. The zero-order valence-electron chi connectivity index (χ0n) is 17.4. The van der Waals surface area contributed by atoms with Crippen molar-refractivity contribution in [3.8, 4) is 11.5 Å². The second-order valence-electron chi connectivity index (χ2n) is 9.31. The van der Waals surface area contributed by atoms with E-state index in [0.717, 1.165) is 41.5 Å². The molecule has 0 unspecified atom stereocenters. The summed E-state index contributed by atoms with van der Waals surface area (Å²) in [4.78, 5) is 0. The highest BCUT2D eigenvalue weighted by Crippen LogP contribution is 2.53. The Balaban J connectivity index is 1.23. The van der Waals surface area contributed by atoms with Crippen LogP contribution in [0.25, 0.3) is 0 Å². The van der Waals surface area contributed by atoms with Gasteiger partial charge in [-0.2, -0.15) is 0 Å². The maximum Gasteiger partial charge on any atom is 0.161 e. The van der Waals surface area contributed by atoms with E-state index in [0.29, 0.717) is 28.4 Å². The SMILES string of the molecule is COc1cc(CNC2C3CC4CC(C3)CC2C4)ccc1OCc1c(Cl)cccc1Cl. The van der Waals surface area contributed by atoms with Gasteiger partial charge in [0.15, 0.2) is 11.5 Å². The zero-order valence-corrected chi connectivity index (χ0v) is 18.9. The van der Waals surface area contributed by atoms with Crippen LogP contribution in [0.3, 0.4) is 0 Å². The van der Waals surface area contributed by atoms with Crippen LogP contribution in [-0.4, -0.2) is 13.2 Å². The minimum absolute atomic E-state index is 0.306. The second kappa shape index (κ2) is 8.61. The molecule has 2 aromatic rings. The number of hydrogen-bond donors (Lipinski definition) is 1. The average molecular weight is 446 g/mol. The Morgan fingerprint density at radius 2 is 1.57 bits per heavy atom. The molecule has 0 amide bonds. The van der Waals surface area contributed by atoms with Gasteiger partial charge < -0.3 is 14.8 Å². The first-order valence-electron chi connectivity index (χ1n) is 11.1. The summed E-state index contributed by atoms with van der Waals surface area (Å²) in [6.07, 6.45) is 7.24. The molecular formula is C25H29Cl2NO2. The van der Waals surface area contributed by atoms with Gasteiger partial charge in [-0.15, -0.1) is 0 Å². The van der Waals surface area contributed by atoms with Crippen LogP contribution in [0.2, 0.25) is 10.0 Å². The van der Waals surface area contributed by atoms with Gasteiger partial charge in [-0.25, -0.2) is 0 Å². The predicted octanol–water partition coefficient (Wildman–Crippen LogP) is 6.50. The summed E-state index contributed by atoms with van der Waals surface area (Å²) in [5, 5.41) is 5.11. The van der Waals surface area contributed by atoms with Crippen molar-refractivity contribution in [3.05, 3.63) is 57.6 Å². The minimum atomic E-state index is 0.306. The summed E-state index contributed by atoms with van der Waals surface area (Å²) in [7, 11) is 1.68. The molecule has 0 spiro atoms.